The number of fused-ring (bicyclic) bond motifs is 1. The molecule has 2 heterocycles. The third-order valence-electron chi connectivity index (χ3n) is 3.44. The molecule has 0 spiro atoms. The fraction of sp³-hybridized carbons (Fsp3) is 0.429. The summed E-state index contributed by atoms with van der Waals surface area (Å²) in [5.74, 6) is 0.294. The minimum absolute atomic E-state index is 0.0774. The maximum atomic E-state index is 14.1. The number of nitrogens with zero attached hydrogens (tertiary/aromatic N) is 3. The number of benzene rings is 1. The minimum atomic E-state index is -1.29. The summed E-state index contributed by atoms with van der Waals surface area (Å²) in [5.41, 5.74) is 1.00. The molecule has 20 heavy (non-hydrogen) atoms. The topological polar surface area (TPSA) is 47.8 Å². The maximum absolute atomic E-state index is 14.1. The van der Waals surface area contributed by atoms with Crippen molar-refractivity contribution in [2.45, 2.75) is 42.9 Å². The van der Waals surface area contributed by atoms with Gasteiger partial charge in [0.25, 0.3) is 0 Å². The molecule has 6 heteroatoms. The van der Waals surface area contributed by atoms with Crippen molar-refractivity contribution in [2.75, 3.05) is 0 Å². The quantitative estimate of drug-likeness (QED) is 0.874. The lowest BCUT2D eigenvalue weighted by atomic mass is 10.0. The monoisotopic (exact) mass is 293 g/mol. The molecule has 0 bridgehead atoms. The predicted octanol–water partition coefficient (Wildman–Crippen LogP) is 2.80. The lowest BCUT2D eigenvalue weighted by Crippen LogP contribution is -2.11. The molecule has 0 radical (unpaired) electrons. The first-order valence-corrected chi connectivity index (χ1v) is 7.85. The first-order chi connectivity index (χ1) is 9.58. The number of hydrogen-bond acceptors (Lipinski definition) is 3. The van der Waals surface area contributed by atoms with Crippen LogP contribution in [0.25, 0.3) is 0 Å². The summed E-state index contributed by atoms with van der Waals surface area (Å²) >= 11 is 0. The van der Waals surface area contributed by atoms with E-state index >= 15 is 0 Å². The van der Waals surface area contributed by atoms with Crippen LogP contribution < -0.4 is 0 Å². The number of rotatable bonds is 3. The van der Waals surface area contributed by atoms with E-state index in [4.69, 9.17) is 0 Å². The lowest BCUT2D eigenvalue weighted by molar-refractivity contribution is 0.327. The van der Waals surface area contributed by atoms with Crippen molar-refractivity contribution < 1.29 is 8.60 Å². The number of hydrogen-bond donors (Lipinski definition) is 0. The smallest absolute Gasteiger partial charge is 0.239 e. The molecule has 0 amide bonds. The molecule has 0 fully saturated rings. The molecule has 0 N–H and O–H groups in total. The van der Waals surface area contributed by atoms with Gasteiger partial charge in [-0.1, -0.05) is 44.2 Å². The molecule has 1 aromatic heterocycles. The Morgan fingerprint density at radius 3 is 2.70 bits per heavy atom. The highest BCUT2D eigenvalue weighted by atomic mass is 32.2. The molecule has 2 unspecified atom stereocenters. The summed E-state index contributed by atoms with van der Waals surface area (Å²) < 4.78 is 27.8. The van der Waals surface area contributed by atoms with E-state index in [-0.39, 0.29) is 16.4 Å². The largest absolute Gasteiger partial charge is 0.251 e. The van der Waals surface area contributed by atoms with E-state index in [0.29, 0.717) is 12.2 Å². The average Bonchev–Trinajstić information content (AvgIpc) is 3.00. The van der Waals surface area contributed by atoms with Crippen LogP contribution in [0.15, 0.2) is 35.5 Å². The van der Waals surface area contributed by atoms with Gasteiger partial charge in [-0.3, -0.25) is 4.21 Å². The van der Waals surface area contributed by atoms with Crippen LogP contribution in [-0.2, 0) is 10.8 Å². The van der Waals surface area contributed by atoms with Crippen LogP contribution in [0.1, 0.15) is 43.9 Å². The molecule has 4 nitrogen and oxygen atoms in total. The van der Waals surface area contributed by atoms with Crippen molar-refractivity contribution in [1.29, 1.82) is 0 Å². The highest BCUT2D eigenvalue weighted by Gasteiger charge is 2.36. The van der Waals surface area contributed by atoms with Crippen LogP contribution in [0.2, 0.25) is 0 Å². The average molecular weight is 293 g/mol. The maximum Gasteiger partial charge on any atom is 0.239 e. The van der Waals surface area contributed by atoms with Gasteiger partial charge < -0.3 is 0 Å². The van der Waals surface area contributed by atoms with Gasteiger partial charge in [-0.15, -0.1) is 5.10 Å². The van der Waals surface area contributed by atoms with Gasteiger partial charge in [-0.2, -0.15) is 0 Å². The van der Waals surface area contributed by atoms with E-state index in [1.165, 1.54) is 0 Å². The van der Waals surface area contributed by atoms with Gasteiger partial charge in [-0.25, -0.2) is 14.1 Å². The summed E-state index contributed by atoms with van der Waals surface area (Å²) in [6, 6.07) is 9.51. The Morgan fingerprint density at radius 2 is 2.05 bits per heavy atom. The standard InChI is InChI=1S/C14H16FN3OS/c1-9(2)20(19)14-16-13-11(15)8-12(18(13)17-14)10-6-4-3-5-7-10/h3-7,9,11-12H,8H2,1-2H3/t11?,12?,20-/m0/s1. The summed E-state index contributed by atoms with van der Waals surface area (Å²) in [6.07, 6.45) is -0.806. The van der Waals surface area contributed by atoms with Crippen LogP contribution in [-0.4, -0.2) is 24.2 Å². The molecule has 3 rings (SSSR count). The molecule has 3 atom stereocenters. The van der Waals surface area contributed by atoms with Crippen molar-refractivity contribution >= 4 is 10.8 Å². The zero-order chi connectivity index (χ0) is 14.3. The molecule has 0 aliphatic carbocycles. The highest BCUT2D eigenvalue weighted by Crippen LogP contribution is 2.39. The second kappa shape index (κ2) is 5.09. The van der Waals surface area contributed by atoms with Crippen molar-refractivity contribution in [3.05, 3.63) is 41.7 Å². The third kappa shape index (κ3) is 2.18. The van der Waals surface area contributed by atoms with Crippen LogP contribution >= 0.6 is 0 Å². The minimum Gasteiger partial charge on any atom is -0.251 e. The fourth-order valence-corrected chi connectivity index (χ4v) is 3.18. The van der Waals surface area contributed by atoms with Gasteiger partial charge in [0.2, 0.25) is 5.16 Å². The van der Waals surface area contributed by atoms with E-state index in [1.54, 1.807) is 4.68 Å². The van der Waals surface area contributed by atoms with Crippen LogP contribution in [0.4, 0.5) is 4.39 Å². The second-order valence-corrected chi connectivity index (χ2v) is 7.08. The molecule has 2 aromatic rings. The van der Waals surface area contributed by atoms with Crippen LogP contribution in [0.5, 0.6) is 0 Å². The Morgan fingerprint density at radius 1 is 1.35 bits per heavy atom. The Kier molecular flexibility index (Phi) is 3.41. The summed E-state index contributed by atoms with van der Waals surface area (Å²) in [4.78, 5) is 4.15. The van der Waals surface area contributed by atoms with E-state index in [0.717, 1.165) is 5.56 Å². The van der Waals surface area contributed by atoms with Gasteiger partial charge >= 0.3 is 0 Å². The molecule has 0 saturated heterocycles. The Balaban J connectivity index is 2.00. The van der Waals surface area contributed by atoms with Gasteiger partial charge in [0, 0.05) is 11.7 Å². The zero-order valence-electron chi connectivity index (χ0n) is 11.4. The van der Waals surface area contributed by atoms with E-state index in [9.17, 15) is 8.60 Å². The lowest BCUT2D eigenvalue weighted by Gasteiger charge is -2.11. The zero-order valence-corrected chi connectivity index (χ0v) is 12.2. The Labute approximate surface area is 119 Å². The van der Waals surface area contributed by atoms with Gasteiger partial charge in [-0.05, 0) is 5.56 Å². The summed E-state index contributed by atoms with van der Waals surface area (Å²) in [6.45, 7) is 3.67. The number of aromatic nitrogens is 3. The van der Waals surface area contributed by atoms with Crippen molar-refractivity contribution in [3.8, 4) is 0 Å². The van der Waals surface area contributed by atoms with E-state index < -0.39 is 17.0 Å². The summed E-state index contributed by atoms with van der Waals surface area (Å²) in [7, 11) is -1.29. The molecule has 0 saturated carbocycles. The van der Waals surface area contributed by atoms with Crippen molar-refractivity contribution in [3.63, 3.8) is 0 Å². The fourth-order valence-electron chi connectivity index (χ4n) is 2.41. The molecule has 106 valence electrons. The van der Waals surface area contributed by atoms with Gasteiger partial charge in [0.15, 0.2) is 12.0 Å². The highest BCUT2D eigenvalue weighted by molar-refractivity contribution is 7.85. The van der Waals surface area contributed by atoms with Crippen molar-refractivity contribution in [1.82, 2.24) is 14.8 Å². The first-order valence-electron chi connectivity index (χ1n) is 6.64. The van der Waals surface area contributed by atoms with Crippen LogP contribution in [0.3, 0.4) is 0 Å². The van der Waals surface area contributed by atoms with Gasteiger partial charge in [0.05, 0.1) is 16.8 Å². The predicted molar refractivity (Wildman–Crippen MR) is 74.6 cm³/mol. The molecule has 1 aromatic carbocycles. The van der Waals surface area contributed by atoms with Crippen LogP contribution in [0, 0.1) is 0 Å². The Hall–Kier alpha value is -1.56. The van der Waals surface area contributed by atoms with Gasteiger partial charge in [0.1, 0.15) is 0 Å². The third-order valence-corrected chi connectivity index (χ3v) is 4.83. The molecule has 1 aliphatic heterocycles. The van der Waals surface area contributed by atoms with E-state index in [1.807, 2.05) is 44.2 Å². The SMILES string of the molecule is CC(C)[S@](=O)c1nc2n(n1)C(c1ccccc1)CC2F. The molecular formula is C14H16FN3OS. The number of halogens is 1. The summed E-state index contributed by atoms with van der Waals surface area (Å²) in [5, 5.41) is 4.44. The molecular weight excluding hydrogens is 277 g/mol. The second-order valence-electron chi connectivity index (χ2n) is 5.17. The normalized spacial score (nSPS) is 23.0. The van der Waals surface area contributed by atoms with Crippen molar-refractivity contribution in [2.24, 2.45) is 0 Å². The first kappa shape index (κ1) is 13.4. The molecule has 1 aliphatic rings. The van der Waals surface area contributed by atoms with E-state index in [2.05, 4.69) is 10.1 Å². The number of alkyl halides is 1. The Bertz CT molecular complexity index is 641.